The first kappa shape index (κ1) is 33.3. The van der Waals surface area contributed by atoms with Crippen molar-refractivity contribution >= 4 is 82.4 Å². The van der Waals surface area contributed by atoms with Gasteiger partial charge < -0.3 is 13.9 Å². The molecule has 0 saturated carbocycles. The van der Waals surface area contributed by atoms with Gasteiger partial charge in [0.25, 0.3) is 0 Å². The standard InChI is InChI=1S/C56H36N2O/c1-2-16-47-38(11-1)23-24-42-34-46(30-32-48(42)47)57(44-14-10-15-45(36-44)58-53-20-6-3-17-49(53)50-18-4-7-21-54(50)58)43-28-25-37(26-29-43)39-12-9-13-40(33-39)41-27-31-52-51-19-5-8-22-55(51)59-56(52)35-41/h1-36H. The lowest BCUT2D eigenvalue weighted by molar-refractivity contribution is 0.669. The van der Waals surface area contributed by atoms with Gasteiger partial charge in [-0.1, -0.05) is 140 Å². The molecular formula is C56H36N2O. The van der Waals surface area contributed by atoms with E-state index in [0.29, 0.717) is 0 Å². The summed E-state index contributed by atoms with van der Waals surface area (Å²) < 4.78 is 8.63. The van der Waals surface area contributed by atoms with E-state index >= 15 is 0 Å². The molecule has 0 atom stereocenters. The summed E-state index contributed by atoms with van der Waals surface area (Å²) >= 11 is 0. The third-order valence-corrected chi connectivity index (χ3v) is 11.9. The Bertz CT molecular complexity index is 3520. The minimum Gasteiger partial charge on any atom is -0.456 e. The van der Waals surface area contributed by atoms with Crippen LogP contribution in [0.3, 0.4) is 0 Å². The first-order chi connectivity index (χ1) is 29.2. The molecule has 2 aromatic heterocycles. The number of rotatable bonds is 6. The minimum atomic E-state index is 0.905. The highest BCUT2D eigenvalue weighted by Crippen LogP contribution is 2.41. The summed E-state index contributed by atoms with van der Waals surface area (Å²) in [4.78, 5) is 2.38. The Hall–Kier alpha value is -7.88. The average molecular weight is 753 g/mol. The number of benzene rings is 10. The van der Waals surface area contributed by atoms with Gasteiger partial charge in [-0.15, -0.1) is 0 Å². The van der Waals surface area contributed by atoms with Crippen molar-refractivity contribution in [1.29, 1.82) is 0 Å². The van der Waals surface area contributed by atoms with Gasteiger partial charge in [0, 0.05) is 44.3 Å². The molecule has 0 aliphatic heterocycles. The van der Waals surface area contributed by atoms with Crippen molar-refractivity contribution < 1.29 is 4.42 Å². The monoisotopic (exact) mass is 752 g/mol. The molecule has 0 unspecified atom stereocenters. The lowest BCUT2D eigenvalue weighted by atomic mass is 9.98. The number of furan rings is 1. The lowest BCUT2D eigenvalue weighted by Gasteiger charge is -2.27. The van der Waals surface area contributed by atoms with E-state index in [0.717, 1.165) is 66.9 Å². The van der Waals surface area contributed by atoms with E-state index in [4.69, 9.17) is 4.42 Å². The first-order valence-corrected chi connectivity index (χ1v) is 20.2. The molecule has 0 aliphatic carbocycles. The van der Waals surface area contributed by atoms with Crippen LogP contribution in [0, 0.1) is 0 Å². The number of para-hydroxylation sites is 3. The van der Waals surface area contributed by atoms with Crippen LogP contribution in [0.15, 0.2) is 223 Å². The average Bonchev–Trinajstić information content (AvgIpc) is 3.85. The molecule has 12 rings (SSSR count). The normalized spacial score (nSPS) is 11.7. The number of fused-ring (bicyclic) bond motifs is 9. The van der Waals surface area contributed by atoms with Crippen LogP contribution in [0.25, 0.3) is 93.2 Å². The van der Waals surface area contributed by atoms with Crippen LogP contribution >= 0.6 is 0 Å². The Morgan fingerprint density at radius 2 is 0.864 bits per heavy atom. The Kier molecular flexibility index (Phi) is 7.54. The number of hydrogen-bond acceptors (Lipinski definition) is 2. The third-order valence-electron chi connectivity index (χ3n) is 11.9. The van der Waals surface area contributed by atoms with Gasteiger partial charge in [0.1, 0.15) is 11.2 Å². The van der Waals surface area contributed by atoms with Crippen LogP contribution in [0.2, 0.25) is 0 Å². The molecule has 0 amide bonds. The van der Waals surface area contributed by atoms with Gasteiger partial charge >= 0.3 is 0 Å². The van der Waals surface area contributed by atoms with Crippen molar-refractivity contribution in [2.75, 3.05) is 4.90 Å². The molecule has 59 heavy (non-hydrogen) atoms. The molecule has 0 saturated heterocycles. The van der Waals surface area contributed by atoms with Crippen molar-refractivity contribution in [1.82, 2.24) is 4.57 Å². The van der Waals surface area contributed by atoms with Crippen molar-refractivity contribution in [2.24, 2.45) is 0 Å². The highest BCUT2D eigenvalue weighted by Gasteiger charge is 2.18. The molecule has 2 heterocycles. The van der Waals surface area contributed by atoms with Gasteiger partial charge in [0.15, 0.2) is 0 Å². The van der Waals surface area contributed by atoms with Crippen LogP contribution in [-0.2, 0) is 0 Å². The maximum Gasteiger partial charge on any atom is 0.136 e. The SMILES string of the molecule is c1cc(-c2ccc(N(c3cccc(-n4c5ccccc5c5ccccc54)c3)c3ccc4c(ccc5ccccc54)c3)cc2)cc(-c2ccc3c(c2)oc2ccccc23)c1. The Balaban J connectivity index is 0.967. The maximum atomic E-state index is 6.24. The van der Waals surface area contributed by atoms with E-state index in [9.17, 15) is 0 Å². The van der Waals surface area contributed by atoms with Gasteiger partial charge in [-0.3, -0.25) is 0 Å². The highest BCUT2D eigenvalue weighted by molar-refractivity contribution is 6.10. The smallest absolute Gasteiger partial charge is 0.136 e. The van der Waals surface area contributed by atoms with Crippen LogP contribution in [0.1, 0.15) is 0 Å². The summed E-state index contributed by atoms with van der Waals surface area (Å²) in [6, 6.07) is 78.9. The lowest BCUT2D eigenvalue weighted by Crippen LogP contribution is -2.10. The van der Waals surface area contributed by atoms with Gasteiger partial charge in [-0.05, 0) is 123 Å². The molecule has 0 fully saturated rings. The van der Waals surface area contributed by atoms with Crippen LogP contribution in [0.5, 0.6) is 0 Å². The fourth-order valence-electron chi connectivity index (χ4n) is 9.15. The second-order valence-corrected chi connectivity index (χ2v) is 15.4. The predicted octanol–water partition coefficient (Wildman–Crippen LogP) is 15.8. The van der Waals surface area contributed by atoms with E-state index in [2.05, 4.69) is 216 Å². The molecule has 276 valence electrons. The zero-order chi connectivity index (χ0) is 38.9. The van der Waals surface area contributed by atoms with Gasteiger partial charge in [-0.2, -0.15) is 0 Å². The Morgan fingerprint density at radius 3 is 1.68 bits per heavy atom. The van der Waals surface area contributed by atoms with Crippen LogP contribution < -0.4 is 4.90 Å². The summed E-state index contributed by atoms with van der Waals surface area (Å²) in [5.74, 6) is 0. The summed E-state index contributed by atoms with van der Waals surface area (Å²) in [7, 11) is 0. The van der Waals surface area contributed by atoms with Crippen molar-refractivity contribution in [2.45, 2.75) is 0 Å². The molecule has 0 spiro atoms. The molecule has 12 aromatic rings. The van der Waals surface area contributed by atoms with Crippen molar-refractivity contribution in [3.63, 3.8) is 0 Å². The third kappa shape index (κ3) is 5.51. The second-order valence-electron chi connectivity index (χ2n) is 15.4. The number of hydrogen-bond donors (Lipinski definition) is 0. The fraction of sp³-hybridized carbons (Fsp3) is 0. The molecule has 0 radical (unpaired) electrons. The topological polar surface area (TPSA) is 21.3 Å². The zero-order valence-corrected chi connectivity index (χ0v) is 32.1. The molecule has 0 aliphatic rings. The summed E-state index contributed by atoms with van der Waals surface area (Å²) in [5.41, 5.74) is 13.2. The van der Waals surface area contributed by atoms with E-state index in [-0.39, 0.29) is 0 Å². The van der Waals surface area contributed by atoms with Gasteiger partial charge in [0.05, 0.1) is 11.0 Å². The Morgan fingerprint density at radius 1 is 0.305 bits per heavy atom. The fourth-order valence-corrected chi connectivity index (χ4v) is 9.15. The minimum absolute atomic E-state index is 0.905. The van der Waals surface area contributed by atoms with E-state index in [1.54, 1.807) is 0 Å². The van der Waals surface area contributed by atoms with E-state index in [1.165, 1.54) is 43.4 Å². The number of aromatic nitrogens is 1. The summed E-state index contributed by atoms with van der Waals surface area (Å²) in [6.07, 6.45) is 0. The molecule has 10 aromatic carbocycles. The molecule has 0 N–H and O–H groups in total. The van der Waals surface area contributed by atoms with Crippen LogP contribution in [-0.4, -0.2) is 4.57 Å². The second kappa shape index (κ2) is 13.4. The molecule has 0 bridgehead atoms. The van der Waals surface area contributed by atoms with Crippen molar-refractivity contribution in [3.05, 3.63) is 218 Å². The summed E-state index contributed by atoms with van der Waals surface area (Å²) in [5, 5.41) is 9.76. The van der Waals surface area contributed by atoms with Gasteiger partial charge in [-0.25, -0.2) is 0 Å². The Labute approximate surface area is 341 Å². The van der Waals surface area contributed by atoms with Gasteiger partial charge in [0.2, 0.25) is 0 Å². The van der Waals surface area contributed by atoms with Crippen LogP contribution in [0.4, 0.5) is 17.1 Å². The predicted molar refractivity (Wildman–Crippen MR) is 249 cm³/mol. The quantitative estimate of drug-likeness (QED) is 0.158. The molecule has 3 heteroatoms. The largest absolute Gasteiger partial charge is 0.456 e. The molecule has 3 nitrogen and oxygen atoms in total. The number of nitrogens with zero attached hydrogens (tertiary/aromatic N) is 2. The zero-order valence-electron chi connectivity index (χ0n) is 32.1. The molecular weight excluding hydrogens is 717 g/mol. The van der Waals surface area contributed by atoms with Crippen molar-refractivity contribution in [3.8, 4) is 27.9 Å². The maximum absolute atomic E-state index is 6.24. The van der Waals surface area contributed by atoms with E-state index < -0.39 is 0 Å². The van der Waals surface area contributed by atoms with E-state index in [1.807, 2.05) is 12.1 Å². The number of anilines is 3. The highest BCUT2D eigenvalue weighted by atomic mass is 16.3. The summed E-state index contributed by atoms with van der Waals surface area (Å²) in [6.45, 7) is 0. The first-order valence-electron chi connectivity index (χ1n) is 20.2.